The zero-order valence-electron chi connectivity index (χ0n) is 14.5. The lowest BCUT2D eigenvalue weighted by Crippen LogP contribution is -2.00. The molecule has 2 aromatic carbocycles. The highest BCUT2D eigenvalue weighted by Gasteiger charge is 2.05. The average molecular weight is 415 g/mol. The molecule has 0 spiro atoms. The predicted octanol–water partition coefficient (Wildman–Crippen LogP) is 4.01. The topological polar surface area (TPSA) is 74.7 Å². The fourth-order valence-corrected chi connectivity index (χ4v) is 2.77. The molecule has 7 heteroatoms. The van der Waals surface area contributed by atoms with Gasteiger partial charge in [-0.1, -0.05) is 28.1 Å². The number of hydrogen-bond acceptors (Lipinski definition) is 5. The van der Waals surface area contributed by atoms with Crippen molar-refractivity contribution in [2.75, 3.05) is 12.8 Å². The van der Waals surface area contributed by atoms with E-state index in [1.165, 1.54) is 4.68 Å². The summed E-state index contributed by atoms with van der Waals surface area (Å²) in [4.78, 5) is 4.13. The zero-order chi connectivity index (χ0) is 18.5. The molecule has 0 bridgehead atoms. The van der Waals surface area contributed by atoms with Gasteiger partial charge in [0.25, 0.3) is 0 Å². The lowest BCUT2D eigenvalue weighted by atomic mass is 10.2. The van der Waals surface area contributed by atoms with Crippen LogP contribution in [-0.2, 0) is 6.61 Å². The van der Waals surface area contributed by atoms with E-state index in [-0.39, 0.29) is 0 Å². The van der Waals surface area contributed by atoms with Gasteiger partial charge in [-0.15, -0.1) is 0 Å². The quantitative estimate of drug-likeness (QED) is 0.618. The maximum absolute atomic E-state index is 5.98. The second-order valence-electron chi connectivity index (χ2n) is 5.65. The summed E-state index contributed by atoms with van der Waals surface area (Å²) >= 11 is 3.48. The van der Waals surface area contributed by atoms with Crippen LogP contribution in [0.1, 0.15) is 16.8 Å². The van der Waals surface area contributed by atoms with Crippen LogP contribution in [0.4, 0.5) is 5.95 Å². The highest BCUT2D eigenvalue weighted by atomic mass is 79.9. The Hall–Kier alpha value is -2.80. The number of ether oxygens (including phenoxy) is 2. The predicted molar refractivity (Wildman–Crippen MR) is 106 cm³/mol. The molecule has 0 aliphatic heterocycles. The second-order valence-corrected chi connectivity index (χ2v) is 6.57. The second kappa shape index (κ2) is 8.05. The van der Waals surface area contributed by atoms with E-state index in [2.05, 4.69) is 26.0 Å². The SMILES string of the molecule is COc1cccc(COc2ccc(Br)cc2C=Nn2cc(C)nc2N)c1. The van der Waals surface area contributed by atoms with Crippen LogP contribution in [0.3, 0.4) is 0 Å². The first kappa shape index (κ1) is 18.0. The Balaban J connectivity index is 1.80. The minimum absolute atomic E-state index is 0.340. The number of nitrogens with two attached hydrogens (primary N) is 1. The van der Waals surface area contributed by atoms with Gasteiger partial charge >= 0.3 is 0 Å². The van der Waals surface area contributed by atoms with Gasteiger partial charge in [0.05, 0.1) is 25.2 Å². The van der Waals surface area contributed by atoms with Gasteiger partial charge in [-0.25, -0.2) is 9.66 Å². The first-order valence-electron chi connectivity index (χ1n) is 7.96. The van der Waals surface area contributed by atoms with Crippen LogP contribution in [0.25, 0.3) is 0 Å². The molecule has 0 saturated heterocycles. The molecule has 1 heterocycles. The molecule has 6 nitrogen and oxygen atoms in total. The van der Waals surface area contributed by atoms with E-state index in [0.717, 1.165) is 32.8 Å². The summed E-state index contributed by atoms with van der Waals surface area (Å²) in [5.41, 5.74) is 8.47. The Morgan fingerprint density at radius 2 is 2.12 bits per heavy atom. The zero-order valence-corrected chi connectivity index (χ0v) is 16.1. The third kappa shape index (κ3) is 4.43. The molecular weight excluding hydrogens is 396 g/mol. The average Bonchev–Trinajstić information content (AvgIpc) is 2.96. The van der Waals surface area contributed by atoms with Crippen LogP contribution in [0.5, 0.6) is 11.5 Å². The minimum atomic E-state index is 0.340. The van der Waals surface area contributed by atoms with Crippen molar-refractivity contribution in [1.82, 2.24) is 9.66 Å². The Morgan fingerprint density at radius 1 is 1.27 bits per heavy atom. The molecule has 0 amide bonds. The number of halogens is 1. The van der Waals surface area contributed by atoms with Crippen molar-refractivity contribution in [3.63, 3.8) is 0 Å². The van der Waals surface area contributed by atoms with E-state index in [1.807, 2.05) is 49.4 Å². The summed E-state index contributed by atoms with van der Waals surface area (Å²) in [7, 11) is 1.65. The van der Waals surface area contributed by atoms with Crippen molar-refractivity contribution in [1.29, 1.82) is 0 Å². The smallest absolute Gasteiger partial charge is 0.221 e. The largest absolute Gasteiger partial charge is 0.497 e. The Bertz CT molecular complexity index is 937. The third-order valence-electron chi connectivity index (χ3n) is 3.66. The Labute approximate surface area is 160 Å². The van der Waals surface area contributed by atoms with E-state index >= 15 is 0 Å². The monoisotopic (exact) mass is 414 g/mol. The number of imidazole rings is 1. The van der Waals surface area contributed by atoms with E-state index in [4.69, 9.17) is 15.2 Å². The van der Waals surface area contributed by atoms with Gasteiger partial charge in [0.2, 0.25) is 5.95 Å². The number of aromatic nitrogens is 2. The van der Waals surface area contributed by atoms with Crippen molar-refractivity contribution in [3.8, 4) is 11.5 Å². The van der Waals surface area contributed by atoms with Gasteiger partial charge in [-0.3, -0.25) is 0 Å². The molecule has 0 aliphatic carbocycles. The van der Waals surface area contributed by atoms with Gasteiger partial charge in [0, 0.05) is 10.0 Å². The minimum Gasteiger partial charge on any atom is -0.497 e. The van der Waals surface area contributed by atoms with Crippen molar-refractivity contribution >= 4 is 28.1 Å². The van der Waals surface area contributed by atoms with Crippen molar-refractivity contribution in [2.45, 2.75) is 13.5 Å². The van der Waals surface area contributed by atoms with Gasteiger partial charge in [-0.05, 0) is 42.8 Å². The van der Waals surface area contributed by atoms with E-state index < -0.39 is 0 Å². The Kier molecular flexibility index (Phi) is 5.58. The van der Waals surface area contributed by atoms with E-state index in [1.54, 1.807) is 19.5 Å². The summed E-state index contributed by atoms with van der Waals surface area (Å²) in [6, 6.07) is 13.5. The van der Waals surface area contributed by atoms with Crippen LogP contribution in [0.15, 0.2) is 58.2 Å². The molecule has 26 heavy (non-hydrogen) atoms. The molecule has 0 unspecified atom stereocenters. The standard InChI is InChI=1S/C19H19BrN4O2/c1-13-11-24(19(21)23-13)22-10-15-9-16(20)6-7-18(15)26-12-14-4-3-5-17(8-14)25-2/h3-11H,12H2,1-2H3,(H2,21,23). The number of methoxy groups -OCH3 is 1. The van der Waals surface area contributed by atoms with E-state index in [0.29, 0.717) is 12.6 Å². The summed E-state index contributed by atoms with van der Waals surface area (Å²) < 4.78 is 13.7. The van der Waals surface area contributed by atoms with Gasteiger partial charge < -0.3 is 15.2 Å². The van der Waals surface area contributed by atoms with E-state index in [9.17, 15) is 0 Å². The maximum Gasteiger partial charge on any atom is 0.221 e. The van der Waals surface area contributed by atoms with Crippen molar-refractivity contribution in [3.05, 3.63) is 70.0 Å². The fraction of sp³-hybridized carbons (Fsp3) is 0.158. The molecule has 0 radical (unpaired) electrons. The number of hydrogen-bond donors (Lipinski definition) is 1. The highest BCUT2D eigenvalue weighted by Crippen LogP contribution is 2.23. The number of benzene rings is 2. The fourth-order valence-electron chi connectivity index (χ4n) is 2.40. The number of nitrogen functional groups attached to an aromatic ring is 1. The molecule has 1 aromatic heterocycles. The maximum atomic E-state index is 5.98. The first-order chi connectivity index (χ1) is 12.5. The first-order valence-corrected chi connectivity index (χ1v) is 8.75. The van der Waals surface area contributed by atoms with Crippen LogP contribution in [0, 0.1) is 6.92 Å². The summed E-state index contributed by atoms with van der Waals surface area (Å²) in [5.74, 6) is 1.86. The molecule has 3 aromatic rings. The molecule has 134 valence electrons. The normalized spacial score (nSPS) is 11.0. The molecule has 2 N–H and O–H groups in total. The molecule has 0 fully saturated rings. The Morgan fingerprint density at radius 3 is 2.85 bits per heavy atom. The third-order valence-corrected chi connectivity index (χ3v) is 4.15. The van der Waals surface area contributed by atoms with Crippen molar-refractivity contribution < 1.29 is 9.47 Å². The molecule has 0 atom stereocenters. The lowest BCUT2D eigenvalue weighted by molar-refractivity contribution is 0.304. The van der Waals surface area contributed by atoms with Gasteiger partial charge in [-0.2, -0.15) is 5.10 Å². The number of aryl methyl sites for hydroxylation is 1. The number of anilines is 1. The van der Waals surface area contributed by atoms with Crippen LogP contribution in [0.2, 0.25) is 0 Å². The summed E-state index contributed by atoms with van der Waals surface area (Å²) in [5, 5.41) is 4.36. The summed E-state index contributed by atoms with van der Waals surface area (Å²) in [6.45, 7) is 2.29. The molecule has 0 aliphatic rings. The lowest BCUT2D eigenvalue weighted by Gasteiger charge is -2.10. The molecular formula is C19H19BrN4O2. The highest BCUT2D eigenvalue weighted by molar-refractivity contribution is 9.10. The number of rotatable bonds is 6. The summed E-state index contributed by atoms with van der Waals surface area (Å²) in [6.07, 6.45) is 3.46. The van der Waals surface area contributed by atoms with Crippen LogP contribution in [-0.4, -0.2) is 23.0 Å². The van der Waals surface area contributed by atoms with Crippen LogP contribution < -0.4 is 15.2 Å². The van der Waals surface area contributed by atoms with Gasteiger partial charge in [0.15, 0.2) is 0 Å². The molecule has 3 rings (SSSR count). The van der Waals surface area contributed by atoms with Gasteiger partial charge in [0.1, 0.15) is 18.1 Å². The molecule has 0 saturated carbocycles. The van der Waals surface area contributed by atoms with Crippen LogP contribution >= 0.6 is 15.9 Å². The number of nitrogens with zero attached hydrogens (tertiary/aromatic N) is 3. The van der Waals surface area contributed by atoms with Crippen molar-refractivity contribution in [2.24, 2.45) is 5.10 Å².